The van der Waals surface area contributed by atoms with Crippen LogP contribution in [0.5, 0.6) is 0 Å². The van der Waals surface area contributed by atoms with E-state index in [1.165, 1.54) is 34.6 Å². The van der Waals surface area contributed by atoms with Gasteiger partial charge in [0.05, 0.1) is 29.6 Å². The summed E-state index contributed by atoms with van der Waals surface area (Å²) in [6.07, 6.45) is 5.80. The topological polar surface area (TPSA) is 127 Å². The number of aliphatic hydroxyl groups is 1. The Morgan fingerprint density at radius 1 is 1.10 bits per heavy atom. The van der Waals surface area contributed by atoms with Crippen molar-refractivity contribution in [3.05, 3.63) is 83.7 Å². The van der Waals surface area contributed by atoms with Crippen LogP contribution >= 0.6 is 11.6 Å². The van der Waals surface area contributed by atoms with E-state index in [0.717, 1.165) is 0 Å². The van der Waals surface area contributed by atoms with E-state index in [4.69, 9.17) is 22.3 Å². The summed E-state index contributed by atoms with van der Waals surface area (Å²) in [7, 11) is 0. The van der Waals surface area contributed by atoms with E-state index in [9.17, 15) is 18.7 Å². The molecular formula is C28H29ClF2N8O2. The Morgan fingerprint density at radius 3 is 2.41 bits per heavy atom. The molecule has 4 aromatic rings. The van der Waals surface area contributed by atoms with Gasteiger partial charge in [-0.05, 0) is 40.7 Å². The lowest BCUT2D eigenvalue weighted by molar-refractivity contribution is -0.135. The monoisotopic (exact) mass is 582 g/mol. The number of carbonyl (C=O) groups excluding carboxylic acids is 1. The van der Waals surface area contributed by atoms with Crippen LogP contribution in [0.4, 0.5) is 8.78 Å². The molecule has 13 heteroatoms. The Kier molecular flexibility index (Phi) is 7.39. The van der Waals surface area contributed by atoms with Crippen LogP contribution in [0.3, 0.4) is 0 Å². The number of hydrogen-bond donors (Lipinski definition) is 2. The number of nitrogens with two attached hydrogens (primary N) is 1. The first-order valence-corrected chi connectivity index (χ1v) is 13.2. The van der Waals surface area contributed by atoms with Gasteiger partial charge in [0.25, 0.3) is 5.91 Å². The van der Waals surface area contributed by atoms with Crippen molar-refractivity contribution in [2.24, 2.45) is 16.1 Å². The zero-order valence-electron chi connectivity index (χ0n) is 22.6. The number of carbonyl (C=O) groups is 1. The lowest BCUT2D eigenvalue weighted by atomic mass is 9.75. The molecule has 3 N–H and O–H groups in total. The summed E-state index contributed by atoms with van der Waals surface area (Å²) in [5.41, 5.74) is 7.57. The maximum atomic E-state index is 14.4. The van der Waals surface area contributed by atoms with Crippen molar-refractivity contribution < 1.29 is 18.7 Å². The van der Waals surface area contributed by atoms with Gasteiger partial charge in [-0.2, -0.15) is 19.0 Å². The van der Waals surface area contributed by atoms with Gasteiger partial charge in [-0.1, -0.05) is 62.7 Å². The highest BCUT2D eigenvalue weighted by Gasteiger charge is 2.52. The van der Waals surface area contributed by atoms with Gasteiger partial charge in [-0.25, -0.2) is 19.3 Å². The number of alkyl halides is 2. The maximum Gasteiger partial charge on any atom is 0.333 e. The lowest BCUT2D eigenvalue weighted by Crippen LogP contribution is -2.47. The first-order valence-electron chi connectivity index (χ1n) is 12.8. The molecule has 0 saturated carbocycles. The smallest absolute Gasteiger partial charge is 0.333 e. The first kappa shape index (κ1) is 28.4. The van der Waals surface area contributed by atoms with Gasteiger partial charge >= 0.3 is 6.55 Å². The van der Waals surface area contributed by atoms with E-state index < -0.39 is 24.7 Å². The third-order valence-corrected chi connectivity index (χ3v) is 7.23. The zero-order valence-corrected chi connectivity index (χ0v) is 23.4. The highest BCUT2D eigenvalue weighted by Crippen LogP contribution is 2.45. The fraction of sp³-hybridized carbons (Fsp3) is 0.321. The molecule has 0 bridgehead atoms. The van der Waals surface area contributed by atoms with Crippen molar-refractivity contribution in [1.82, 2.24) is 29.4 Å². The van der Waals surface area contributed by atoms with Crippen LogP contribution in [-0.2, 0) is 10.3 Å². The average molecular weight is 583 g/mol. The molecule has 0 unspecified atom stereocenters. The van der Waals surface area contributed by atoms with Crippen LogP contribution in [0, 0.1) is 5.41 Å². The third kappa shape index (κ3) is 5.32. The van der Waals surface area contributed by atoms with Crippen LogP contribution in [0.2, 0.25) is 5.02 Å². The normalized spacial score (nSPS) is 18.3. The van der Waals surface area contributed by atoms with E-state index >= 15 is 0 Å². The minimum absolute atomic E-state index is 0.0298. The third-order valence-electron chi connectivity index (χ3n) is 6.91. The largest absolute Gasteiger partial charge is 0.394 e. The summed E-state index contributed by atoms with van der Waals surface area (Å²) in [6.45, 7) is 2.81. The van der Waals surface area contributed by atoms with Crippen molar-refractivity contribution in [3.63, 3.8) is 0 Å². The van der Waals surface area contributed by atoms with E-state index in [1.807, 2.05) is 20.8 Å². The number of hydrogen-bond acceptors (Lipinski definition) is 7. The molecule has 2 atom stereocenters. The summed E-state index contributed by atoms with van der Waals surface area (Å²) in [6, 6.07) is 11.2. The van der Waals surface area contributed by atoms with Crippen molar-refractivity contribution in [2.45, 2.75) is 45.3 Å². The molecule has 1 amide bonds. The molecule has 0 radical (unpaired) electrons. The second kappa shape index (κ2) is 10.7. The molecule has 41 heavy (non-hydrogen) atoms. The number of guanidine groups is 1. The molecule has 0 spiro atoms. The molecule has 214 valence electrons. The molecule has 3 heterocycles. The molecule has 0 saturated heterocycles. The predicted molar refractivity (Wildman–Crippen MR) is 149 cm³/mol. The molecule has 1 aliphatic heterocycles. The second-order valence-corrected chi connectivity index (χ2v) is 11.5. The minimum atomic E-state index is -2.75. The summed E-state index contributed by atoms with van der Waals surface area (Å²) >= 11 is 6.40. The molecule has 10 nitrogen and oxygen atoms in total. The maximum absolute atomic E-state index is 14.4. The Hall–Kier alpha value is -4.16. The number of nitrogens with zero attached hydrogens (tertiary/aromatic N) is 7. The molecule has 2 aromatic carbocycles. The van der Waals surface area contributed by atoms with Crippen LogP contribution in [-0.4, -0.2) is 53.0 Å². The highest BCUT2D eigenvalue weighted by atomic mass is 35.5. The van der Waals surface area contributed by atoms with Gasteiger partial charge in [-0.15, -0.1) is 0 Å². The number of halogens is 3. The standard InChI is InChI=1S/C28H29ClF2N8O2/c1-27(2,3)14-28(20-7-4-17(5-8-20)19-11-34-37(12-19)25(30)31)24(41)39(26(32)36-28)23(13-40)18-6-9-21(29)22(10-18)38-16-33-15-35-38/h4-12,15-16,23,25,40H,13-14H2,1-3H3,(H2,32,36)/t23-,28-/m1/s1. The Labute approximate surface area is 240 Å². The lowest BCUT2D eigenvalue weighted by Gasteiger charge is -2.34. The van der Waals surface area contributed by atoms with Gasteiger partial charge in [0.15, 0.2) is 11.5 Å². The molecule has 0 aliphatic carbocycles. The number of amides is 1. The van der Waals surface area contributed by atoms with E-state index in [0.29, 0.717) is 44.1 Å². The van der Waals surface area contributed by atoms with Crippen LogP contribution in [0.1, 0.15) is 50.9 Å². The summed E-state index contributed by atoms with van der Waals surface area (Å²) in [5.74, 6) is -0.419. The van der Waals surface area contributed by atoms with Crippen LogP contribution in [0.25, 0.3) is 16.8 Å². The number of aliphatic imine (C=N–C) groups is 1. The van der Waals surface area contributed by atoms with E-state index in [2.05, 4.69) is 15.2 Å². The van der Waals surface area contributed by atoms with Gasteiger partial charge in [0.1, 0.15) is 12.7 Å². The van der Waals surface area contributed by atoms with Crippen LogP contribution in [0.15, 0.2) is 72.5 Å². The summed E-state index contributed by atoms with van der Waals surface area (Å²) in [4.78, 5) is 24.4. The average Bonchev–Trinajstić information content (AvgIpc) is 3.67. The highest BCUT2D eigenvalue weighted by molar-refractivity contribution is 6.32. The van der Waals surface area contributed by atoms with Gasteiger partial charge in [0, 0.05) is 11.8 Å². The number of aliphatic hydroxyl groups excluding tert-OH is 1. The summed E-state index contributed by atoms with van der Waals surface area (Å²) in [5, 5.41) is 18.7. The van der Waals surface area contributed by atoms with E-state index in [-0.39, 0.29) is 17.3 Å². The van der Waals surface area contributed by atoms with Gasteiger partial charge < -0.3 is 10.8 Å². The van der Waals surface area contributed by atoms with Crippen molar-refractivity contribution in [2.75, 3.05) is 6.61 Å². The molecule has 2 aromatic heterocycles. The Balaban J connectivity index is 1.53. The summed E-state index contributed by atoms with van der Waals surface area (Å²) < 4.78 is 28.1. The van der Waals surface area contributed by atoms with Gasteiger partial charge in [0.2, 0.25) is 0 Å². The Morgan fingerprint density at radius 2 is 1.83 bits per heavy atom. The fourth-order valence-electron chi connectivity index (χ4n) is 5.19. The second-order valence-electron chi connectivity index (χ2n) is 11.1. The number of rotatable bonds is 8. The number of benzene rings is 2. The first-order chi connectivity index (χ1) is 19.4. The molecule has 0 fully saturated rings. The fourth-order valence-corrected chi connectivity index (χ4v) is 5.39. The van der Waals surface area contributed by atoms with Crippen molar-refractivity contribution in [1.29, 1.82) is 0 Å². The Bertz CT molecular complexity index is 1580. The minimum Gasteiger partial charge on any atom is -0.394 e. The van der Waals surface area contributed by atoms with E-state index in [1.54, 1.807) is 42.5 Å². The number of aromatic nitrogens is 5. The quantitative estimate of drug-likeness (QED) is 0.310. The predicted octanol–water partition coefficient (Wildman–Crippen LogP) is 4.70. The van der Waals surface area contributed by atoms with Gasteiger partial charge in [-0.3, -0.25) is 9.69 Å². The van der Waals surface area contributed by atoms with Crippen molar-refractivity contribution >= 4 is 23.5 Å². The SMILES string of the molecule is CC(C)(C)C[C@]1(c2ccc(-c3cnn(C(F)F)c3)cc2)N=C(N)N([C@H](CO)c2ccc(Cl)c(-n3cncn3)c2)C1=O. The molecule has 5 rings (SSSR count). The molecular weight excluding hydrogens is 554 g/mol. The van der Waals surface area contributed by atoms with Crippen LogP contribution < -0.4 is 5.73 Å². The van der Waals surface area contributed by atoms with Crippen molar-refractivity contribution in [3.8, 4) is 16.8 Å². The zero-order chi connectivity index (χ0) is 29.5. The molecule has 1 aliphatic rings.